The van der Waals surface area contributed by atoms with Crippen LogP contribution in [0, 0.1) is 0 Å². The molecular weight excluding hydrogens is 356 g/mol. The van der Waals surface area contributed by atoms with Gasteiger partial charge >= 0.3 is 12.1 Å². The van der Waals surface area contributed by atoms with Crippen LogP contribution in [0.1, 0.15) is 55.6 Å². The van der Waals surface area contributed by atoms with Gasteiger partial charge in [-0.3, -0.25) is 4.98 Å². The Morgan fingerprint density at radius 2 is 1.86 bits per heavy atom. The number of nitrogens with zero attached hydrogens (tertiary/aromatic N) is 2. The molecule has 2 aromatic rings. The van der Waals surface area contributed by atoms with Crippen molar-refractivity contribution in [3.05, 3.63) is 53.7 Å². The Morgan fingerprint density at radius 3 is 2.50 bits per heavy atom. The topological polar surface area (TPSA) is 79.7 Å². The number of piperidine rings is 1. The summed E-state index contributed by atoms with van der Waals surface area (Å²) in [6, 6.07) is 12.5. The maximum absolute atomic E-state index is 12.4. The third-order valence-electron chi connectivity index (χ3n) is 4.69. The fraction of sp³-hybridized carbons (Fsp3) is 0.409. The Morgan fingerprint density at radius 1 is 1.14 bits per heavy atom. The zero-order valence-corrected chi connectivity index (χ0v) is 16.5. The summed E-state index contributed by atoms with van der Waals surface area (Å²) in [7, 11) is 0. The Hall–Kier alpha value is -2.89. The number of rotatable bonds is 3. The molecule has 1 unspecified atom stereocenters. The summed E-state index contributed by atoms with van der Waals surface area (Å²) >= 11 is 0. The van der Waals surface area contributed by atoms with Gasteiger partial charge in [0.05, 0.1) is 11.3 Å². The van der Waals surface area contributed by atoms with Crippen molar-refractivity contribution < 1.29 is 19.4 Å². The number of hydrogen-bond acceptors (Lipinski definition) is 4. The molecular formula is C22H26N2O4. The zero-order valence-electron chi connectivity index (χ0n) is 16.5. The lowest BCUT2D eigenvalue weighted by molar-refractivity contribution is 0.0197. The maximum atomic E-state index is 12.4. The van der Waals surface area contributed by atoms with Crippen molar-refractivity contribution in [1.82, 2.24) is 9.88 Å². The van der Waals surface area contributed by atoms with Gasteiger partial charge in [-0.25, -0.2) is 9.59 Å². The lowest BCUT2D eigenvalue weighted by Gasteiger charge is -2.34. The molecule has 1 aromatic heterocycles. The van der Waals surface area contributed by atoms with Gasteiger partial charge in [0, 0.05) is 30.3 Å². The Labute approximate surface area is 165 Å². The molecule has 6 nitrogen and oxygen atoms in total. The summed E-state index contributed by atoms with van der Waals surface area (Å²) in [4.78, 5) is 30.0. The van der Waals surface area contributed by atoms with Gasteiger partial charge in [-0.05, 0) is 57.9 Å². The Bertz CT molecular complexity index is 856. The van der Waals surface area contributed by atoms with Crippen LogP contribution in [0.15, 0.2) is 42.5 Å². The lowest BCUT2D eigenvalue weighted by Crippen LogP contribution is -2.42. The molecule has 148 valence electrons. The van der Waals surface area contributed by atoms with E-state index in [2.05, 4.69) is 0 Å². The van der Waals surface area contributed by atoms with Crippen LogP contribution in [-0.2, 0) is 4.74 Å². The smallest absolute Gasteiger partial charge is 0.410 e. The lowest BCUT2D eigenvalue weighted by atomic mass is 9.94. The number of carboxylic acids is 1. The average Bonchev–Trinajstić information content (AvgIpc) is 2.67. The highest BCUT2D eigenvalue weighted by atomic mass is 16.6. The molecule has 1 atom stereocenters. The first-order chi connectivity index (χ1) is 13.2. The van der Waals surface area contributed by atoms with E-state index in [4.69, 9.17) is 14.8 Å². The van der Waals surface area contributed by atoms with E-state index in [1.54, 1.807) is 29.2 Å². The van der Waals surface area contributed by atoms with Crippen molar-refractivity contribution in [3.8, 4) is 11.3 Å². The minimum atomic E-state index is -0.947. The first kappa shape index (κ1) is 19.9. The van der Waals surface area contributed by atoms with Crippen molar-refractivity contribution in [2.45, 2.75) is 45.1 Å². The molecule has 1 aliphatic heterocycles. The van der Waals surface area contributed by atoms with Gasteiger partial charge in [0.2, 0.25) is 0 Å². The maximum Gasteiger partial charge on any atom is 0.410 e. The summed E-state index contributed by atoms with van der Waals surface area (Å²) in [5, 5.41) is 9.04. The van der Waals surface area contributed by atoms with Crippen LogP contribution in [0.4, 0.5) is 4.79 Å². The van der Waals surface area contributed by atoms with Crippen molar-refractivity contribution in [3.63, 3.8) is 0 Å². The highest BCUT2D eigenvalue weighted by Gasteiger charge is 2.29. The van der Waals surface area contributed by atoms with E-state index >= 15 is 0 Å². The number of aromatic carboxylic acids is 1. The summed E-state index contributed by atoms with van der Waals surface area (Å²) in [5.74, 6) is -0.794. The third-order valence-corrected chi connectivity index (χ3v) is 4.69. The molecule has 2 heterocycles. The molecule has 28 heavy (non-hydrogen) atoms. The predicted molar refractivity (Wildman–Crippen MR) is 106 cm³/mol. The van der Waals surface area contributed by atoms with Gasteiger partial charge in [0.1, 0.15) is 5.60 Å². The van der Waals surface area contributed by atoms with Crippen LogP contribution >= 0.6 is 0 Å². The fourth-order valence-corrected chi connectivity index (χ4v) is 3.33. The number of amides is 1. The fourth-order valence-electron chi connectivity index (χ4n) is 3.33. The van der Waals surface area contributed by atoms with E-state index in [1.807, 2.05) is 39.0 Å². The number of pyridine rings is 1. The number of carbonyl (C=O) groups is 2. The molecule has 0 spiro atoms. The van der Waals surface area contributed by atoms with Crippen LogP contribution in [0.3, 0.4) is 0 Å². The van der Waals surface area contributed by atoms with Gasteiger partial charge < -0.3 is 14.7 Å². The SMILES string of the molecule is CC(C)(C)OC(=O)N1CCCC(c2cccc(-c3ccc(C(=O)O)cc3)n2)C1. The van der Waals surface area contributed by atoms with E-state index < -0.39 is 11.6 Å². The van der Waals surface area contributed by atoms with Crippen molar-refractivity contribution in [2.75, 3.05) is 13.1 Å². The van der Waals surface area contributed by atoms with E-state index in [0.29, 0.717) is 13.1 Å². The minimum Gasteiger partial charge on any atom is -0.478 e. The van der Waals surface area contributed by atoms with E-state index in [-0.39, 0.29) is 17.6 Å². The van der Waals surface area contributed by atoms with E-state index in [1.165, 1.54) is 0 Å². The van der Waals surface area contributed by atoms with Crippen LogP contribution < -0.4 is 0 Å². The van der Waals surface area contributed by atoms with Gasteiger partial charge in [-0.1, -0.05) is 18.2 Å². The number of aromatic nitrogens is 1. The molecule has 0 bridgehead atoms. The van der Waals surface area contributed by atoms with Gasteiger partial charge in [-0.2, -0.15) is 0 Å². The standard InChI is InChI=1S/C22H26N2O4/c1-22(2,3)28-21(27)24-13-5-6-17(14-24)19-8-4-7-18(23-19)15-9-11-16(12-10-15)20(25)26/h4,7-12,17H,5-6,13-14H2,1-3H3,(H,25,26). The van der Waals surface area contributed by atoms with E-state index in [9.17, 15) is 9.59 Å². The van der Waals surface area contributed by atoms with Crippen molar-refractivity contribution in [1.29, 1.82) is 0 Å². The highest BCUT2D eigenvalue weighted by molar-refractivity contribution is 5.88. The van der Waals surface area contributed by atoms with Crippen LogP contribution in [-0.4, -0.2) is 45.7 Å². The quantitative estimate of drug-likeness (QED) is 0.842. The average molecular weight is 382 g/mol. The second-order valence-corrected chi connectivity index (χ2v) is 8.10. The second-order valence-electron chi connectivity index (χ2n) is 8.10. The molecule has 6 heteroatoms. The van der Waals surface area contributed by atoms with E-state index in [0.717, 1.165) is 29.8 Å². The number of benzene rings is 1. The van der Waals surface area contributed by atoms with Crippen molar-refractivity contribution >= 4 is 12.1 Å². The summed E-state index contributed by atoms with van der Waals surface area (Å²) in [6.07, 6.45) is 1.59. The highest BCUT2D eigenvalue weighted by Crippen LogP contribution is 2.28. The van der Waals surface area contributed by atoms with Crippen molar-refractivity contribution in [2.24, 2.45) is 0 Å². The predicted octanol–water partition coefficient (Wildman–Crippen LogP) is 4.56. The minimum absolute atomic E-state index is 0.152. The first-order valence-electron chi connectivity index (χ1n) is 9.51. The summed E-state index contributed by atoms with van der Waals surface area (Å²) in [6.45, 7) is 6.89. The molecule has 1 amide bonds. The monoisotopic (exact) mass is 382 g/mol. The molecule has 0 saturated carbocycles. The third kappa shape index (κ3) is 4.88. The van der Waals surface area contributed by atoms with Crippen LogP contribution in [0.25, 0.3) is 11.3 Å². The molecule has 1 N–H and O–H groups in total. The van der Waals surface area contributed by atoms with Crippen LogP contribution in [0.5, 0.6) is 0 Å². The summed E-state index contributed by atoms with van der Waals surface area (Å²) < 4.78 is 5.50. The largest absolute Gasteiger partial charge is 0.478 e. The number of hydrogen-bond donors (Lipinski definition) is 1. The number of likely N-dealkylation sites (tertiary alicyclic amines) is 1. The van der Waals surface area contributed by atoms with Gasteiger partial charge in [0.25, 0.3) is 0 Å². The first-order valence-corrected chi connectivity index (χ1v) is 9.51. The molecule has 1 aromatic carbocycles. The van der Waals surface area contributed by atoms with Gasteiger partial charge in [0.15, 0.2) is 0 Å². The Balaban J connectivity index is 1.76. The molecule has 1 saturated heterocycles. The Kier molecular flexibility index (Phi) is 5.68. The number of carboxylic acid groups (broad SMARTS) is 1. The zero-order chi connectivity index (χ0) is 20.3. The molecule has 3 rings (SSSR count). The van der Waals surface area contributed by atoms with Crippen LogP contribution in [0.2, 0.25) is 0 Å². The normalized spacial score (nSPS) is 17.2. The summed E-state index contributed by atoms with van der Waals surface area (Å²) in [5.41, 5.74) is 2.34. The number of ether oxygens (including phenoxy) is 1. The molecule has 1 fully saturated rings. The van der Waals surface area contributed by atoms with Gasteiger partial charge in [-0.15, -0.1) is 0 Å². The second kappa shape index (κ2) is 8.00. The molecule has 0 radical (unpaired) electrons. The molecule has 1 aliphatic rings. The number of carbonyl (C=O) groups excluding carboxylic acids is 1. The molecule has 0 aliphatic carbocycles.